The topological polar surface area (TPSA) is 126 Å². The van der Waals surface area contributed by atoms with Crippen molar-refractivity contribution in [3.05, 3.63) is 104 Å². The second-order valence-electron chi connectivity index (χ2n) is 12.8. The summed E-state index contributed by atoms with van der Waals surface area (Å²) >= 11 is 3.01. The van der Waals surface area contributed by atoms with Crippen molar-refractivity contribution in [2.75, 3.05) is 7.05 Å². The van der Waals surface area contributed by atoms with Crippen LogP contribution in [-0.4, -0.2) is 58.1 Å². The molecule has 0 aliphatic carbocycles. The first kappa shape index (κ1) is 37.5. The summed E-state index contributed by atoms with van der Waals surface area (Å²) in [5.41, 5.74) is 4.68. The van der Waals surface area contributed by atoms with Gasteiger partial charge < -0.3 is 25.6 Å². The molecule has 2 aromatic heterocycles. The van der Waals surface area contributed by atoms with Gasteiger partial charge >= 0.3 is 12.1 Å². The van der Waals surface area contributed by atoms with E-state index in [1.54, 1.807) is 30.1 Å². The van der Waals surface area contributed by atoms with E-state index < -0.39 is 12.1 Å². The van der Waals surface area contributed by atoms with Crippen molar-refractivity contribution in [2.24, 2.45) is 5.92 Å². The highest BCUT2D eigenvalue weighted by Gasteiger charge is 2.31. The Bertz CT molecular complexity index is 1580. The molecule has 49 heavy (non-hydrogen) atoms. The first-order valence-electron chi connectivity index (χ1n) is 16.7. The predicted octanol–water partition coefficient (Wildman–Crippen LogP) is 6.93. The quantitative estimate of drug-likeness (QED) is 0.109. The maximum atomic E-state index is 14.0. The summed E-state index contributed by atoms with van der Waals surface area (Å²) in [5.74, 6) is -0.0380. The highest BCUT2D eigenvalue weighted by atomic mass is 32.1. The summed E-state index contributed by atoms with van der Waals surface area (Å²) in [6.07, 6.45) is 3.59. The Hall–Kier alpha value is -4.29. The van der Waals surface area contributed by atoms with Crippen molar-refractivity contribution in [3.8, 4) is 0 Å². The molecular weight excluding hydrogens is 657 g/mol. The number of aromatic nitrogens is 2. The number of alkyl carbamates (subject to hydrolysis) is 1. The number of carbonyl (C=O) groups is 3. The van der Waals surface area contributed by atoms with Gasteiger partial charge in [0.15, 0.2) is 0 Å². The van der Waals surface area contributed by atoms with E-state index in [1.165, 1.54) is 16.2 Å². The number of likely N-dealkylation sites (N-methyl/N-ethyl adjacent to an activating group) is 1. The predicted molar refractivity (Wildman–Crippen MR) is 196 cm³/mol. The summed E-state index contributed by atoms with van der Waals surface area (Å²) in [6.45, 7) is 8.50. The Morgan fingerprint density at radius 2 is 1.47 bits per heavy atom. The molecule has 10 nitrogen and oxygen atoms in total. The number of ether oxygens (including phenoxy) is 1. The van der Waals surface area contributed by atoms with E-state index in [0.29, 0.717) is 31.6 Å². The monoisotopic (exact) mass is 704 g/mol. The van der Waals surface area contributed by atoms with E-state index in [-0.39, 0.29) is 43.1 Å². The third-order valence-corrected chi connectivity index (χ3v) is 10.1. The molecule has 0 saturated heterocycles. The van der Waals surface area contributed by atoms with E-state index in [1.807, 2.05) is 79.9 Å². The van der Waals surface area contributed by atoms with Crippen LogP contribution >= 0.6 is 22.7 Å². The number of hydrogen-bond donors (Lipinski definition) is 3. The van der Waals surface area contributed by atoms with Gasteiger partial charge in [0.05, 0.1) is 27.6 Å². The summed E-state index contributed by atoms with van der Waals surface area (Å²) in [4.78, 5) is 51.1. The molecule has 0 saturated carbocycles. The fourth-order valence-corrected chi connectivity index (χ4v) is 6.95. The van der Waals surface area contributed by atoms with Crippen LogP contribution in [0.15, 0.2) is 77.8 Å². The largest absolute Gasteiger partial charge is 0.444 e. The Balaban J connectivity index is 1.44. The van der Waals surface area contributed by atoms with Gasteiger partial charge in [-0.2, -0.15) is 0 Å². The van der Waals surface area contributed by atoms with Gasteiger partial charge in [-0.1, -0.05) is 88.4 Å². The smallest absolute Gasteiger partial charge is 0.407 e. The molecule has 4 rings (SSSR count). The molecule has 4 amide bonds. The molecule has 2 aromatic carbocycles. The molecule has 3 atom stereocenters. The minimum absolute atomic E-state index is 0.138. The molecule has 0 fully saturated rings. The number of carbonyl (C=O) groups excluding carboxylic acids is 3. The summed E-state index contributed by atoms with van der Waals surface area (Å²) in [7, 11) is 1.66. The van der Waals surface area contributed by atoms with Gasteiger partial charge in [-0.15, -0.1) is 22.7 Å². The summed E-state index contributed by atoms with van der Waals surface area (Å²) < 4.78 is 5.49. The minimum Gasteiger partial charge on any atom is -0.444 e. The number of nitrogens with zero attached hydrogens (tertiary/aromatic N) is 3. The minimum atomic E-state index is -0.695. The average Bonchev–Trinajstić information content (AvgIpc) is 3.79. The third kappa shape index (κ3) is 12.3. The van der Waals surface area contributed by atoms with Crippen molar-refractivity contribution in [1.29, 1.82) is 0 Å². The highest BCUT2D eigenvalue weighted by molar-refractivity contribution is 7.09. The van der Waals surface area contributed by atoms with E-state index in [4.69, 9.17) is 4.74 Å². The third-order valence-electron chi connectivity index (χ3n) is 8.13. The Kier molecular flexibility index (Phi) is 14.6. The van der Waals surface area contributed by atoms with Crippen LogP contribution in [0.25, 0.3) is 0 Å². The van der Waals surface area contributed by atoms with Crippen LogP contribution < -0.4 is 16.0 Å². The van der Waals surface area contributed by atoms with Crippen molar-refractivity contribution >= 4 is 40.7 Å². The number of hydrogen-bond acceptors (Lipinski definition) is 8. The van der Waals surface area contributed by atoms with Crippen LogP contribution in [0.3, 0.4) is 0 Å². The molecule has 0 aliphatic rings. The zero-order chi connectivity index (χ0) is 35.2. The van der Waals surface area contributed by atoms with Crippen LogP contribution in [0.1, 0.15) is 73.2 Å². The van der Waals surface area contributed by atoms with Crippen LogP contribution in [0.5, 0.6) is 0 Å². The number of thiazole rings is 2. The molecule has 3 N–H and O–H groups in total. The van der Waals surface area contributed by atoms with E-state index >= 15 is 0 Å². The molecule has 262 valence electrons. The molecule has 3 unspecified atom stereocenters. The van der Waals surface area contributed by atoms with Gasteiger partial charge in [0.1, 0.15) is 12.6 Å². The highest BCUT2D eigenvalue weighted by Crippen LogP contribution is 2.20. The molecule has 0 aliphatic heterocycles. The molecule has 2 heterocycles. The van der Waals surface area contributed by atoms with Crippen LogP contribution in [0.2, 0.25) is 0 Å². The van der Waals surface area contributed by atoms with Crippen molar-refractivity contribution in [1.82, 2.24) is 30.8 Å². The van der Waals surface area contributed by atoms with Crippen LogP contribution in [0, 0.1) is 5.92 Å². The van der Waals surface area contributed by atoms with Gasteiger partial charge in [0.2, 0.25) is 5.91 Å². The van der Waals surface area contributed by atoms with Crippen molar-refractivity contribution in [3.63, 3.8) is 0 Å². The lowest BCUT2D eigenvalue weighted by molar-refractivity contribution is -0.127. The standard InChI is InChI=1S/C37H48N6O4S2/c1-25(2)33(43(5)36(45)39-20-31-23-48-35(41-31)26(3)4)34(44)40-29(18-27-12-8-6-9-13-27)16-17-30(19-28-14-10-7-11-15-28)42-37(46)47-22-32-21-38-24-49-32/h6-15,21,23-26,29-30,33H,16-20,22H2,1-5H3,(H,39,45)(H,40,44)(H,42,46). The van der Waals surface area contributed by atoms with Crippen molar-refractivity contribution < 1.29 is 19.1 Å². The lowest BCUT2D eigenvalue weighted by Crippen LogP contribution is -2.55. The Labute approximate surface area is 297 Å². The SMILES string of the molecule is CC(C)c1nc(CNC(=O)N(C)C(C(=O)NC(CCC(Cc2ccccc2)NC(=O)OCc2cncs2)Cc2ccccc2)C(C)C)cs1. The molecular formula is C37H48N6O4S2. The molecule has 0 radical (unpaired) electrons. The van der Waals surface area contributed by atoms with Gasteiger partial charge in [-0.05, 0) is 42.7 Å². The second-order valence-corrected chi connectivity index (χ2v) is 14.7. The number of rotatable bonds is 17. The second kappa shape index (κ2) is 19.0. The zero-order valence-electron chi connectivity index (χ0n) is 28.9. The molecule has 12 heteroatoms. The van der Waals surface area contributed by atoms with E-state index in [2.05, 4.69) is 39.8 Å². The van der Waals surface area contributed by atoms with E-state index in [9.17, 15) is 14.4 Å². The van der Waals surface area contributed by atoms with Crippen LogP contribution in [0.4, 0.5) is 9.59 Å². The van der Waals surface area contributed by atoms with Crippen LogP contribution in [-0.2, 0) is 35.5 Å². The maximum absolute atomic E-state index is 14.0. The number of urea groups is 1. The lowest BCUT2D eigenvalue weighted by Gasteiger charge is -2.32. The average molecular weight is 705 g/mol. The maximum Gasteiger partial charge on any atom is 0.407 e. The number of nitrogens with one attached hydrogen (secondary N) is 3. The Morgan fingerprint density at radius 1 is 0.857 bits per heavy atom. The number of benzene rings is 2. The zero-order valence-corrected chi connectivity index (χ0v) is 30.6. The van der Waals surface area contributed by atoms with E-state index in [0.717, 1.165) is 26.7 Å². The normalized spacial score (nSPS) is 13.0. The summed E-state index contributed by atoms with van der Waals surface area (Å²) in [5, 5.41) is 12.2. The summed E-state index contributed by atoms with van der Waals surface area (Å²) in [6, 6.07) is 18.5. The van der Waals surface area contributed by atoms with Crippen molar-refractivity contribution in [2.45, 2.75) is 90.6 Å². The first-order valence-corrected chi connectivity index (χ1v) is 18.5. The fraction of sp³-hybridized carbons (Fsp3) is 0.432. The van der Waals surface area contributed by atoms with Gasteiger partial charge in [-0.25, -0.2) is 14.6 Å². The van der Waals surface area contributed by atoms with Gasteiger partial charge in [0, 0.05) is 36.6 Å². The van der Waals surface area contributed by atoms with Gasteiger partial charge in [0.25, 0.3) is 0 Å². The number of amides is 4. The van der Waals surface area contributed by atoms with Gasteiger partial charge in [-0.3, -0.25) is 9.78 Å². The Morgan fingerprint density at radius 3 is 2.00 bits per heavy atom. The first-order chi connectivity index (χ1) is 23.6. The lowest BCUT2D eigenvalue weighted by atomic mass is 9.95. The molecule has 0 spiro atoms. The molecule has 0 bridgehead atoms. The molecule has 4 aromatic rings. The fourth-order valence-electron chi connectivity index (χ4n) is 5.61.